The molecule has 1 aliphatic rings. The highest BCUT2D eigenvalue weighted by molar-refractivity contribution is 7.13. The molecule has 0 unspecified atom stereocenters. The summed E-state index contributed by atoms with van der Waals surface area (Å²) in [6.45, 7) is 1.84. The number of ether oxygens (including phenoxy) is 2. The van der Waals surface area contributed by atoms with E-state index in [1.165, 1.54) is 11.3 Å². The van der Waals surface area contributed by atoms with E-state index in [2.05, 4.69) is 4.98 Å². The molecule has 2 rings (SSSR count). The lowest BCUT2D eigenvalue weighted by atomic mass is 10.4. The standard InChI is InChI=1S/C6H8N2O2S/c1-3-9-5(10-3)4-2-11-6(7)8-4/h2-3,5H,1H3,(H2,7,8). The molecule has 2 heterocycles. The van der Waals surface area contributed by atoms with Crippen molar-refractivity contribution in [3.8, 4) is 0 Å². The number of anilines is 1. The molecule has 5 heteroatoms. The van der Waals surface area contributed by atoms with Gasteiger partial charge in [0, 0.05) is 5.38 Å². The van der Waals surface area contributed by atoms with E-state index in [0.29, 0.717) is 5.13 Å². The van der Waals surface area contributed by atoms with Crippen molar-refractivity contribution in [1.29, 1.82) is 0 Å². The van der Waals surface area contributed by atoms with Gasteiger partial charge in [-0.05, 0) is 6.92 Å². The van der Waals surface area contributed by atoms with Gasteiger partial charge in [-0.15, -0.1) is 11.3 Å². The van der Waals surface area contributed by atoms with E-state index in [1.807, 2.05) is 12.3 Å². The largest absolute Gasteiger partial charge is 0.375 e. The summed E-state index contributed by atoms with van der Waals surface area (Å²) < 4.78 is 10.4. The molecular weight excluding hydrogens is 164 g/mol. The fourth-order valence-corrected chi connectivity index (χ4v) is 1.47. The number of nitrogens with zero attached hydrogens (tertiary/aromatic N) is 1. The van der Waals surface area contributed by atoms with Crippen LogP contribution < -0.4 is 5.73 Å². The fourth-order valence-electron chi connectivity index (χ4n) is 0.907. The first-order valence-electron chi connectivity index (χ1n) is 3.27. The molecule has 0 aliphatic carbocycles. The van der Waals surface area contributed by atoms with E-state index in [4.69, 9.17) is 15.2 Å². The van der Waals surface area contributed by atoms with Crippen LogP contribution in [0, 0.1) is 0 Å². The van der Waals surface area contributed by atoms with Crippen molar-refractivity contribution in [2.24, 2.45) is 0 Å². The highest BCUT2D eigenvalue weighted by atomic mass is 32.1. The zero-order valence-corrected chi connectivity index (χ0v) is 6.80. The van der Waals surface area contributed by atoms with Gasteiger partial charge in [-0.1, -0.05) is 0 Å². The maximum atomic E-state index is 5.43. The molecule has 4 nitrogen and oxygen atoms in total. The van der Waals surface area contributed by atoms with Crippen molar-refractivity contribution in [1.82, 2.24) is 4.98 Å². The van der Waals surface area contributed by atoms with Crippen molar-refractivity contribution >= 4 is 16.5 Å². The summed E-state index contributed by atoms with van der Waals surface area (Å²) in [7, 11) is 0. The van der Waals surface area contributed by atoms with E-state index >= 15 is 0 Å². The molecular formula is C6H8N2O2S. The van der Waals surface area contributed by atoms with Gasteiger partial charge in [0.1, 0.15) is 5.69 Å². The van der Waals surface area contributed by atoms with E-state index < -0.39 is 0 Å². The topological polar surface area (TPSA) is 57.4 Å². The summed E-state index contributed by atoms with van der Waals surface area (Å²) in [5, 5.41) is 2.39. The van der Waals surface area contributed by atoms with Crippen molar-refractivity contribution in [3.05, 3.63) is 11.1 Å². The number of nitrogen functional groups attached to an aromatic ring is 1. The van der Waals surface area contributed by atoms with Gasteiger partial charge in [0.25, 0.3) is 0 Å². The van der Waals surface area contributed by atoms with Crippen molar-refractivity contribution in [2.45, 2.75) is 19.5 Å². The predicted octanol–water partition coefficient (Wildman–Crippen LogP) is 1.12. The minimum absolute atomic E-state index is 0.108. The van der Waals surface area contributed by atoms with Crippen LogP contribution in [0.2, 0.25) is 0 Å². The van der Waals surface area contributed by atoms with Gasteiger partial charge < -0.3 is 15.2 Å². The summed E-state index contributed by atoms with van der Waals surface area (Å²) in [4.78, 5) is 4.01. The maximum absolute atomic E-state index is 5.43. The minimum Gasteiger partial charge on any atom is -0.375 e. The quantitative estimate of drug-likeness (QED) is 0.689. The van der Waals surface area contributed by atoms with Gasteiger partial charge >= 0.3 is 0 Å². The zero-order chi connectivity index (χ0) is 7.84. The molecule has 2 N–H and O–H groups in total. The first kappa shape index (κ1) is 7.02. The Hall–Kier alpha value is -0.650. The molecule has 1 aliphatic heterocycles. The van der Waals surface area contributed by atoms with Crippen LogP contribution in [0.4, 0.5) is 5.13 Å². The summed E-state index contributed by atoms with van der Waals surface area (Å²) in [6, 6.07) is 0. The van der Waals surface area contributed by atoms with E-state index in [-0.39, 0.29) is 12.6 Å². The molecule has 0 aromatic carbocycles. The molecule has 1 fully saturated rings. The SMILES string of the molecule is CC1OC(c2csc(N)n2)O1. The highest BCUT2D eigenvalue weighted by Crippen LogP contribution is 2.32. The molecule has 60 valence electrons. The third-order valence-corrected chi connectivity index (χ3v) is 2.10. The van der Waals surface area contributed by atoms with Crippen LogP contribution in [0.15, 0.2) is 5.38 Å². The van der Waals surface area contributed by atoms with E-state index in [1.54, 1.807) is 0 Å². The first-order chi connectivity index (χ1) is 5.25. The molecule has 0 saturated carbocycles. The molecule has 1 aromatic rings. The predicted molar refractivity (Wildman–Crippen MR) is 40.9 cm³/mol. The molecule has 1 saturated heterocycles. The van der Waals surface area contributed by atoms with Crippen LogP contribution >= 0.6 is 11.3 Å². The third-order valence-electron chi connectivity index (χ3n) is 1.41. The highest BCUT2D eigenvalue weighted by Gasteiger charge is 2.30. The van der Waals surface area contributed by atoms with Crippen molar-refractivity contribution in [2.75, 3.05) is 5.73 Å². The number of hydrogen-bond donors (Lipinski definition) is 1. The number of thiazole rings is 1. The molecule has 0 atom stereocenters. The average molecular weight is 172 g/mol. The number of hydrogen-bond acceptors (Lipinski definition) is 5. The fraction of sp³-hybridized carbons (Fsp3) is 0.500. The van der Waals surface area contributed by atoms with Crippen molar-refractivity contribution in [3.63, 3.8) is 0 Å². The first-order valence-corrected chi connectivity index (χ1v) is 4.15. The van der Waals surface area contributed by atoms with Gasteiger partial charge in [-0.3, -0.25) is 0 Å². The summed E-state index contributed by atoms with van der Waals surface area (Å²) in [5.41, 5.74) is 6.20. The number of rotatable bonds is 1. The monoisotopic (exact) mass is 172 g/mol. The number of aromatic nitrogens is 1. The lowest BCUT2D eigenvalue weighted by Crippen LogP contribution is -2.31. The van der Waals surface area contributed by atoms with Crippen LogP contribution in [-0.2, 0) is 9.47 Å². The summed E-state index contributed by atoms with van der Waals surface area (Å²) >= 11 is 1.39. The second-order valence-corrected chi connectivity index (χ2v) is 3.17. The molecule has 1 aromatic heterocycles. The average Bonchev–Trinajstić information content (AvgIpc) is 2.29. The van der Waals surface area contributed by atoms with Gasteiger partial charge in [0.05, 0.1) is 0 Å². The van der Waals surface area contributed by atoms with Gasteiger partial charge in [-0.2, -0.15) is 0 Å². The van der Waals surface area contributed by atoms with Crippen LogP contribution in [-0.4, -0.2) is 11.3 Å². The lowest BCUT2D eigenvalue weighted by Gasteiger charge is -2.32. The van der Waals surface area contributed by atoms with Crippen LogP contribution in [0.5, 0.6) is 0 Å². The zero-order valence-electron chi connectivity index (χ0n) is 5.98. The molecule has 0 bridgehead atoms. The number of nitrogens with two attached hydrogens (primary N) is 1. The van der Waals surface area contributed by atoms with Gasteiger partial charge in [-0.25, -0.2) is 4.98 Å². The van der Waals surface area contributed by atoms with Gasteiger partial charge in [0.15, 0.2) is 11.4 Å². The lowest BCUT2D eigenvalue weighted by molar-refractivity contribution is -0.383. The Labute approximate surface area is 67.9 Å². The van der Waals surface area contributed by atoms with Crippen LogP contribution in [0.1, 0.15) is 18.9 Å². The molecule has 0 radical (unpaired) electrons. The second kappa shape index (κ2) is 2.44. The van der Waals surface area contributed by atoms with Gasteiger partial charge in [0.2, 0.25) is 6.29 Å². The Bertz CT molecular complexity index is 257. The smallest absolute Gasteiger partial charge is 0.207 e. The molecule has 0 spiro atoms. The maximum Gasteiger partial charge on any atom is 0.207 e. The van der Waals surface area contributed by atoms with Crippen LogP contribution in [0.25, 0.3) is 0 Å². The minimum atomic E-state index is -0.293. The third kappa shape index (κ3) is 1.22. The normalized spacial score (nSPS) is 29.9. The molecule has 0 amide bonds. The van der Waals surface area contributed by atoms with E-state index in [0.717, 1.165) is 5.69 Å². The summed E-state index contributed by atoms with van der Waals surface area (Å²) in [5.74, 6) is 0. The Kier molecular flexibility index (Phi) is 1.56. The second-order valence-electron chi connectivity index (χ2n) is 2.28. The Morgan fingerprint density at radius 1 is 1.64 bits per heavy atom. The Morgan fingerprint density at radius 2 is 2.36 bits per heavy atom. The molecule has 11 heavy (non-hydrogen) atoms. The summed E-state index contributed by atoms with van der Waals surface area (Å²) in [6.07, 6.45) is -0.401. The van der Waals surface area contributed by atoms with Crippen molar-refractivity contribution < 1.29 is 9.47 Å². The Balaban J connectivity index is 2.07. The van der Waals surface area contributed by atoms with Crippen LogP contribution in [0.3, 0.4) is 0 Å². The Morgan fingerprint density at radius 3 is 2.82 bits per heavy atom. The van der Waals surface area contributed by atoms with E-state index in [9.17, 15) is 0 Å².